The second-order valence-corrected chi connectivity index (χ2v) is 4.28. The largest absolute Gasteiger partial charge is 0.370 e. The van der Waals surface area contributed by atoms with Crippen molar-refractivity contribution < 1.29 is 0 Å². The zero-order valence-electron chi connectivity index (χ0n) is 8.93. The van der Waals surface area contributed by atoms with Crippen molar-refractivity contribution in [1.29, 1.82) is 0 Å². The highest BCUT2D eigenvalue weighted by Crippen LogP contribution is 2.31. The number of hydrogen-bond donors (Lipinski definition) is 0. The molecule has 1 aliphatic rings. The van der Waals surface area contributed by atoms with Gasteiger partial charge in [0, 0.05) is 23.7 Å². The smallest absolute Gasteiger partial charge is 0.0644 e. The second kappa shape index (κ2) is 5.10. The molecular weight excluding hydrogens is 224 g/mol. The van der Waals surface area contributed by atoms with Crippen LogP contribution < -0.4 is 4.90 Å². The Bertz CT molecular complexity index is 420. The van der Waals surface area contributed by atoms with Gasteiger partial charge in [0.05, 0.1) is 10.7 Å². The van der Waals surface area contributed by atoms with Gasteiger partial charge in [0.15, 0.2) is 0 Å². The number of nitrogens with zero attached hydrogens (tertiary/aromatic N) is 4. The van der Waals surface area contributed by atoms with Crippen LogP contribution in [-0.4, -0.2) is 13.1 Å². The first-order valence-corrected chi connectivity index (χ1v) is 5.78. The SMILES string of the molecule is [N-]=[N+]=Nc1ccc(N2CCCCC2)c(Cl)c1. The number of halogens is 1. The van der Waals surface area contributed by atoms with Gasteiger partial charge in [-0.25, -0.2) is 0 Å². The Balaban J connectivity index is 2.24. The summed E-state index contributed by atoms with van der Waals surface area (Å²) in [6.07, 6.45) is 3.73. The van der Waals surface area contributed by atoms with Gasteiger partial charge in [-0.05, 0) is 36.9 Å². The van der Waals surface area contributed by atoms with Crippen LogP contribution in [0.5, 0.6) is 0 Å². The van der Waals surface area contributed by atoms with Gasteiger partial charge >= 0.3 is 0 Å². The lowest BCUT2D eigenvalue weighted by molar-refractivity contribution is 0.578. The Morgan fingerprint density at radius 2 is 2.00 bits per heavy atom. The summed E-state index contributed by atoms with van der Waals surface area (Å²) in [5.74, 6) is 0. The van der Waals surface area contributed by atoms with E-state index in [1.807, 2.05) is 6.07 Å². The maximum atomic E-state index is 8.33. The molecule has 16 heavy (non-hydrogen) atoms. The molecule has 2 rings (SSSR count). The van der Waals surface area contributed by atoms with Crippen molar-refractivity contribution in [3.8, 4) is 0 Å². The molecule has 5 heteroatoms. The first kappa shape index (κ1) is 11.1. The first-order chi connectivity index (χ1) is 7.81. The first-order valence-electron chi connectivity index (χ1n) is 5.41. The topological polar surface area (TPSA) is 52.0 Å². The van der Waals surface area contributed by atoms with Crippen LogP contribution in [0.2, 0.25) is 5.02 Å². The van der Waals surface area contributed by atoms with Crippen LogP contribution in [-0.2, 0) is 0 Å². The van der Waals surface area contributed by atoms with Crippen molar-refractivity contribution in [2.45, 2.75) is 19.3 Å². The van der Waals surface area contributed by atoms with Gasteiger partial charge in [0.25, 0.3) is 0 Å². The lowest BCUT2D eigenvalue weighted by Crippen LogP contribution is -2.29. The van der Waals surface area contributed by atoms with Gasteiger partial charge in [-0.2, -0.15) is 0 Å². The fraction of sp³-hybridized carbons (Fsp3) is 0.455. The minimum absolute atomic E-state index is 0.563. The van der Waals surface area contributed by atoms with Gasteiger partial charge in [0.1, 0.15) is 0 Å². The molecule has 0 aliphatic carbocycles. The number of hydrogen-bond acceptors (Lipinski definition) is 2. The van der Waals surface area contributed by atoms with Crippen molar-refractivity contribution in [2.24, 2.45) is 5.11 Å². The zero-order chi connectivity index (χ0) is 11.4. The van der Waals surface area contributed by atoms with Crippen molar-refractivity contribution in [1.82, 2.24) is 0 Å². The highest BCUT2D eigenvalue weighted by molar-refractivity contribution is 6.33. The zero-order valence-corrected chi connectivity index (χ0v) is 9.69. The Hall–Kier alpha value is -1.38. The average molecular weight is 237 g/mol. The molecule has 0 aromatic heterocycles. The van der Waals surface area contributed by atoms with Crippen LogP contribution in [0.1, 0.15) is 19.3 Å². The summed E-state index contributed by atoms with van der Waals surface area (Å²) < 4.78 is 0. The van der Waals surface area contributed by atoms with E-state index >= 15 is 0 Å². The van der Waals surface area contributed by atoms with E-state index in [0.29, 0.717) is 10.7 Å². The third kappa shape index (κ3) is 2.40. The monoisotopic (exact) mass is 236 g/mol. The fourth-order valence-corrected chi connectivity index (χ4v) is 2.30. The van der Waals surface area contributed by atoms with Gasteiger partial charge in [-0.1, -0.05) is 22.8 Å². The maximum Gasteiger partial charge on any atom is 0.0644 e. The standard InChI is InChI=1S/C11H13ClN4/c12-10-8-9(14-15-13)4-5-11(10)16-6-2-1-3-7-16/h4-5,8H,1-3,6-7H2. The Morgan fingerprint density at radius 3 is 2.62 bits per heavy atom. The summed E-state index contributed by atoms with van der Waals surface area (Å²) in [5, 5.41) is 4.19. The highest BCUT2D eigenvalue weighted by atomic mass is 35.5. The second-order valence-electron chi connectivity index (χ2n) is 3.87. The van der Waals surface area contributed by atoms with Crippen molar-refractivity contribution in [2.75, 3.05) is 18.0 Å². The lowest BCUT2D eigenvalue weighted by atomic mass is 10.1. The molecule has 84 valence electrons. The van der Waals surface area contributed by atoms with E-state index < -0.39 is 0 Å². The van der Waals surface area contributed by atoms with E-state index in [2.05, 4.69) is 14.9 Å². The Labute approximate surface area is 99.4 Å². The third-order valence-electron chi connectivity index (χ3n) is 2.79. The van der Waals surface area contributed by atoms with E-state index in [1.54, 1.807) is 12.1 Å². The van der Waals surface area contributed by atoms with Crippen LogP contribution in [0, 0.1) is 0 Å². The minimum atomic E-state index is 0.563. The lowest BCUT2D eigenvalue weighted by Gasteiger charge is -2.29. The predicted molar refractivity (Wildman–Crippen MR) is 66.3 cm³/mol. The van der Waals surface area contributed by atoms with Crippen LogP contribution in [0.4, 0.5) is 11.4 Å². The molecule has 0 spiro atoms. The van der Waals surface area contributed by atoms with Crippen LogP contribution in [0.3, 0.4) is 0 Å². The quantitative estimate of drug-likeness (QED) is 0.430. The molecule has 0 unspecified atom stereocenters. The molecule has 0 N–H and O–H groups in total. The van der Waals surface area contributed by atoms with Crippen LogP contribution in [0.15, 0.2) is 23.3 Å². The summed E-state index contributed by atoms with van der Waals surface area (Å²) in [6, 6.07) is 5.44. The summed E-state index contributed by atoms with van der Waals surface area (Å²) in [5.41, 5.74) is 9.94. The number of benzene rings is 1. The third-order valence-corrected chi connectivity index (χ3v) is 3.09. The number of anilines is 1. The van der Waals surface area contributed by atoms with Gasteiger partial charge in [-0.15, -0.1) is 0 Å². The molecular formula is C11H13ClN4. The predicted octanol–water partition coefficient (Wildman–Crippen LogP) is 4.27. The molecule has 0 saturated carbocycles. The van der Waals surface area contributed by atoms with E-state index in [9.17, 15) is 0 Å². The molecule has 1 aliphatic heterocycles. The van der Waals surface area contributed by atoms with E-state index in [1.165, 1.54) is 19.3 Å². The number of rotatable bonds is 2. The van der Waals surface area contributed by atoms with E-state index in [-0.39, 0.29) is 0 Å². The number of piperidine rings is 1. The summed E-state index contributed by atoms with van der Waals surface area (Å²) in [7, 11) is 0. The van der Waals surface area contributed by atoms with Gasteiger partial charge in [0.2, 0.25) is 0 Å². The molecule has 1 saturated heterocycles. The molecule has 1 fully saturated rings. The fourth-order valence-electron chi connectivity index (χ4n) is 2.00. The molecule has 1 aromatic rings. The Kier molecular flexibility index (Phi) is 3.54. The minimum Gasteiger partial charge on any atom is -0.370 e. The molecule has 1 aromatic carbocycles. The summed E-state index contributed by atoms with van der Waals surface area (Å²) >= 11 is 6.17. The summed E-state index contributed by atoms with van der Waals surface area (Å²) in [6.45, 7) is 2.11. The van der Waals surface area contributed by atoms with Gasteiger partial charge < -0.3 is 4.90 Å². The Morgan fingerprint density at radius 1 is 1.25 bits per heavy atom. The normalized spacial score (nSPS) is 15.7. The molecule has 0 atom stereocenters. The molecule has 1 heterocycles. The van der Waals surface area contributed by atoms with Crippen LogP contribution >= 0.6 is 11.6 Å². The highest BCUT2D eigenvalue weighted by Gasteiger charge is 2.13. The number of azide groups is 1. The molecule has 0 amide bonds. The van der Waals surface area contributed by atoms with Crippen molar-refractivity contribution in [3.63, 3.8) is 0 Å². The maximum absolute atomic E-state index is 8.33. The van der Waals surface area contributed by atoms with Crippen LogP contribution in [0.25, 0.3) is 10.4 Å². The van der Waals surface area contributed by atoms with Crippen molar-refractivity contribution >= 4 is 23.0 Å². The van der Waals surface area contributed by atoms with Gasteiger partial charge in [-0.3, -0.25) is 0 Å². The van der Waals surface area contributed by atoms with E-state index in [4.69, 9.17) is 17.1 Å². The van der Waals surface area contributed by atoms with E-state index in [0.717, 1.165) is 18.8 Å². The average Bonchev–Trinajstić information content (AvgIpc) is 2.31. The molecule has 0 radical (unpaired) electrons. The molecule has 0 bridgehead atoms. The molecule has 4 nitrogen and oxygen atoms in total. The van der Waals surface area contributed by atoms with Crippen molar-refractivity contribution in [3.05, 3.63) is 33.7 Å². The summed E-state index contributed by atoms with van der Waals surface area (Å²) in [4.78, 5) is 5.03.